The molecule has 0 aliphatic carbocycles. The van der Waals surface area contributed by atoms with Gasteiger partial charge >= 0.3 is 5.97 Å². The minimum atomic E-state index is -0.573. The number of β-lactam (4-membered cyclic amide) rings is 1. The number of likely N-dealkylation sites (tertiary alicyclic amines) is 1. The molecule has 100 valence electrons. The molecule has 0 aromatic carbocycles. The third-order valence-electron chi connectivity index (χ3n) is 2.64. The molecule has 1 aliphatic rings. The summed E-state index contributed by atoms with van der Waals surface area (Å²) in [6.45, 7) is 11.6. The second-order valence-electron chi connectivity index (χ2n) is 5.23. The van der Waals surface area contributed by atoms with Crippen molar-refractivity contribution in [1.82, 2.24) is 4.90 Å². The van der Waals surface area contributed by atoms with Crippen molar-refractivity contribution in [3.05, 3.63) is 23.9 Å². The summed E-state index contributed by atoms with van der Waals surface area (Å²) in [7, 11) is 0. The quantitative estimate of drug-likeness (QED) is 0.333. The van der Waals surface area contributed by atoms with Gasteiger partial charge in [0.15, 0.2) is 0 Å². The van der Waals surface area contributed by atoms with Crippen molar-refractivity contribution in [1.29, 1.82) is 0 Å². The van der Waals surface area contributed by atoms with Gasteiger partial charge in [-0.3, -0.25) is 4.79 Å². The molecule has 0 aromatic rings. The molecule has 1 aliphatic heterocycles. The van der Waals surface area contributed by atoms with Crippen LogP contribution in [0.25, 0.3) is 0 Å². The van der Waals surface area contributed by atoms with Gasteiger partial charge < -0.3 is 9.64 Å². The third-order valence-corrected chi connectivity index (χ3v) is 2.64. The number of ether oxygens (including phenoxy) is 1. The Labute approximate surface area is 108 Å². The van der Waals surface area contributed by atoms with Gasteiger partial charge in [0.05, 0.1) is 0 Å². The van der Waals surface area contributed by atoms with Crippen LogP contribution in [0.1, 0.15) is 40.5 Å². The number of carbonyl (C=O) groups is 2. The van der Waals surface area contributed by atoms with Gasteiger partial charge in [0.25, 0.3) is 0 Å². The van der Waals surface area contributed by atoms with Crippen LogP contribution in [0.2, 0.25) is 0 Å². The van der Waals surface area contributed by atoms with Gasteiger partial charge in [-0.15, -0.1) is 0 Å². The van der Waals surface area contributed by atoms with Crippen molar-refractivity contribution in [2.45, 2.75) is 46.1 Å². The van der Waals surface area contributed by atoms with Crippen LogP contribution >= 0.6 is 0 Å². The number of hydrogen-bond acceptors (Lipinski definition) is 3. The van der Waals surface area contributed by atoms with Crippen LogP contribution in [0.3, 0.4) is 0 Å². The van der Waals surface area contributed by atoms with E-state index in [9.17, 15) is 9.59 Å². The fourth-order valence-corrected chi connectivity index (χ4v) is 1.70. The van der Waals surface area contributed by atoms with E-state index in [4.69, 9.17) is 4.74 Å². The molecule has 0 N–H and O–H groups in total. The highest BCUT2D eigenvalue weighted by Crippen LogP contribution is 2.24. The zero-order valence-electron chi connectivity index (χ0n) is 11.6. The first kappa shape index (κ1) is 14.5. The Hall–Kier alpha value is -1.58. The number of allylic oxidation sites excluding steroid dienone is 2. The molecule has 18 heavy (non-hydrogen) atoms. The first-order valence-electron chi connectivity index (χ1n) is 6.19. The number of rotatable bonds is 4. The smallest absolute Gasteiger partial charge is 0.355 e. The molecular formula is C14H21NO3. The van der Waals surface area contributed by atoms with Gasteiger partial charge in [0, 0.05) is 13.0 Å². The highest BCUT2D eigenvalue weighted by molar-refractivity contribution is 5.97. The van der Waals surface area contributed by atoms with Crippen LogP contribution in [-0.4, -0.2) is 28.9 Å². The van der Waals surface area contributed by atoms with Gasteiger partial charge in [0.2, 0.25) is 5.91 Å². The topological polar surface area (TPSA) is 46.6 Å². The molecule has 1 fully saturated rings. The predicted octanol–water partition coefficient (Wildman–Crippen LogP) is 2.41. The fraction of sp³-hybridized carbons (Fsp3) is 0.571. The second kappa shape index (κ2) is 5.38. The summed E-state index contributed by atoms with van der Waals surface area (Å²) in [6.07, 6.45) is 2.74. The van der Waals surface area contributed by atoms with Crippen molar-refractivity contribution in [3.8, 4) is 0 Å². The van der Waals surface area contributed by atoms with E-state index in [-0.39, 0.29) is 5.91 Å². The molecule has 4 heteroatoms. The van der Waals surface area contributed by atoms with Gasteiger partial charge in [-0.25, -0.2) is 4.79 Å². The van der Waals surface area contributed by atoms with Gasteiger partial charge in [-0.2, -0.15) is 0 Å². The van der Waals surface area contributed by atoms with E-state index < -0.39 is 11.6 Å². The van der Waals surface area contributed by atoms with Gasteiger partial charge in [0.1, 0.15) is 11.3 Å². The second-order valence-corrected chi connectivity index (χ2v) is 5.23. The maximum absolute atomic E-state index is 12.2. The summed E-state index contributed by atoms with van der Waals surface area (Å²) in [5.74, 6) is -0.490. The average Bonchev–Trinajstić information content (AvgIpc) is 2.24. The Balaban J connectivity index is 3.05. The normalized spacial score (nSPS) is 16.9. The van der Waals surface area contributed by atoms with Gasteiger partial charge in [-0.1, -0.05) is 19.6 Å². The molecule has 1 saturated heterocycles. The molecule has 0 saturated carbocycles. The third kappa shape index (κ3) is 3.22. The van der Waals surface area contributed by atoms with Crippen molar-refractivity contribution in [2.24, 2.45) is 0 Å². The van der Waals surface area contributed by atoms with E-state index in [0.717, 1.165) is 5.57 Å². The highest BCUT2D eigenvalue weighted by Gasteiger charge is 2.34. The Morgan fingerprint density at radius 2 is 2.11 bits per heavy atom. The molecule has 0 radical (unpaired) electrons. The van der Waals surface area contributed by atoms with Crippen molar-refractivity contribution in [3.63, 3.8) is 0 Å². The number of esters is 1. The molecule has 4 nitrogen and oxygen atoms in total. The summed E-state index contributed by atoms with van der Waals surface area (Å²) in [5, 5.41) is 0. The number of amides is 1. The zero-order chi connectivity index (χ0) is 13.9. The summed E-state index contributed by atoms with van der Waals surface area (Å²) < 4.78 is 5.35. The highest BCUT2D eigenvalue weighted by atomic mass is 16.6. The van der Waals surface area contributed by atoms with Crippen LogP contribution in [0, 0.1) is 0 Å². The lowest BCUT2D eigenvalue weighted by Crippen LogP contribution is -2.46. The van der Waals surface area contributed by atoms with Crippen molar-refractivity contribution >= 4 is 11.9 Å². The maximum Gasteiger partial charge on any atom is 0.355 e. The Bertz CT molecular complexity index is 402. The lowest BCUT2D eigenvalue weighted by Gasteiger charge is -2.34. The predicted molar refractivity (Wildman–Crippen MR) is 69.7 cm³/mol. The summed E-state index contributed by atoms with van der Waals surface area (Å²) in [5.41, 5.74) is 0.520. The van der Waals surface area contributed by atoms with Crippen LogP contribution in [-0.2, 0) is 14.3 Å². The monoisotopic (exact) mass is 251 g/mol. The van der Waals surface area contributed by atoms with E-state index >= 15 is 0 Å². The summed E-state index contributed by atoms with van der Waals surface area (Å²) in [4.78, 5) is 25.2. The van der Waals surface area contributed by atoms with Crippen molar-refractivity contribution in [2.75, 3.05) is 6.54 Å². The lowest BCUT2D eigenvalue weighted by molar-refractivity contribution is -0.156. The first-order valence-corrected chi connectivity index (χ1v) is 6.19. The van der Waals surface area contributed by atoms with Gasteiger partial charge in [-0.05, 0) is 32.8 Å². The minimum absolute atomic E-state index is 0.0383. The van der Waals surface area contributed by atoms with E-state index in [1.165, 1.54) is 4.90 Å². The van der Waals surface area contributed by atoms with Crippen molar-refractivity contribution < 1.29 is 14.3 Å². The molecule has 0 atom stereocenters. The number of hydrogen-bond donors (Lipinski definition) is 0. The fourth-order valence-electron chi connectivity index (χ4n) is 1.70. The molecule has 1 amide bonds. The Morgan fingerprint density at radius 3 is 2.39 bits per heavy atom. The molecule has 0 bridgehead atoms. The molecule has 1 heterocycles. The maximum atomic E-state index is 12.2. The molecular weight excluding hydrogens is 230 g/mol. The Kier molecular flexibility index (Phi) is 4.33. The molecule has 0 unspecified atom stereocenters. The Morgan fingerprint density at radius 1 is 1.50 bits per heavy atom. The molecule has 0 spiro atoms. The molecule has 0 aromatic heterocycles. The summed E-state index contributed by atoms with van der Waals surface area (Å²) in [6, 6.07) is 0. The lowest BCUT2D eigenvalue weighted by atomic mass is 10.1. The molecule has 1 rings (SSSR count). The van der Waals surface area contributed by atoms with Crippen LogP contribution in [0.15, 0.2) is 23.9 Å². The van der Waals surface area contributed by atoms with E-state index in [0.29, 0.717) is 25.1 Å². The van der Waals surface area contributed by atoms with Crippen LogP contribution in [0.4, 0.5) is 0 Å². The zero-order valence-corrected chi connectivity index (χ0v) is 11.6. The standard InChI is InChI=1S/C14H21NO3/c1-6-10(7-2)12(15-9-8-11(15)16)13(17)18-14(3,4)5/h6H,1,7-9H2,2-5H3/b12-10-. The summed E-state index contributed by atoms with van der Waals surface area (Å²) >= 11 is 0. The number of carbonyl (C=O) groups excluding carboxylic acids is 2. The average molecular weight is 251 g/mol. The minimum Gasteiger partial charge on any atom is -0.455 e. The first-order chi connectivity index (χ1) is 8.30. The van der Waals surface area contributed by atoms with E-state index in [2.05, 4.69) is 6.58 Å². The van der Waals surface area contributed by atoms with E-state index in [1.807, 2.05) is 6.92 Å². The van der Waals surface area contributed by atoms with Crippen LogP contribution < -0.4 is 0 Å². The number of nitrogens with zero attached hydrogens (tertiary/aromatic N) is 1. The SMILES string of the molecule is C=C/C(CC)=C(\C(=O)OC(C)(C)C)N1CCC1=O. The van der Waals surface area contributed by atoms with Crippen LogP contribution in [0.5, 0.6) is 0 Å². The van der Waals surface area contributed by atoms with E-state index in [1.54, 1.807) is 26.8 Å². The largest absolute Gasteiger partial charge is 0.455 e.